The molecule has 0 amide bonds. The molecule has 4 rings (SSSR count). The van der Waals surface area contributed by atoms with Gasteiger partial charge in [-0.2, -0.15) is 0 Å². The normalized spacial score (nSPS) is 15.9. The van der Waals surface area contributed by atoms with Gasteiger partial charge in [-0.1, -0.05) is 30.3 Å². The highest BCUT2D eigenvalue weighted by atomic mass is 32.2. The Hall–Kier alpha value is -3.12. The number of ether oxygens (including phenoxy) is 1. The highest BCUT2D eigenvalue weighted by Crippen LogP contribution is 2.44. The Bertz CT molecular complexity index is 1190. The van der Waals surface area contributed by atoms with Gasteiger partial charge in [-0.3, -0.25) is 0 Å². The maximum Gasteiger partial charge on any atom is 0.175 e. The van der Waals surface area contributed by atoms with E-state index in [0.717, 1.165) is 53.0 Å². The van der Waals surface area contributed by atoms with Crippen molar-refractivity contribution in [2.45, 2.75) is 30.7 Å². The molecule has 0 bridgehead atoms. The van der Waals surface area contributed by atoms with Crippen LogP contribution < -0.4 is 9.64 Å². The zero-order valence-corrected chi connectivity index (χ0v) is 18.4. The SMILES string of the molecule is CC1CCc2c(ccc(-c3ccc(S(C)(=O)=O)cc3)c2Oc2ccccc2)N1CC=O. The Morgan fingerprint density at radius 3 is 2.39 bits per heavy atom. The first-order chi connectivity index (χ1) is 14.9. The van der Waals surface area contributed by atoms with Crippen LogP contribution in [0.5, 0.6) is 11.5 Å². The van der Waals surface area contributed by atoms with Crippen LogP contribution in [0.1, 0.15) is 18.9 Å². The van der Waals surface area contributed by atoms with E-state index < -0.39 is 9.84 Å². The number of fused-ring (bicyclic) bond motifs is 1. The van der Waals surface area contributed by atoms with Crippen molar-refractivity contribution in [1.82, 2.24) is 0 Å². The lowest BCUT2D eigenvalue weighted by Crippen LogP contribution is -2.38. The Morgan fingerprint density at radius 1 is 1.03 bits per heavy atom. The van der Waals surface area contributed by atoms with Gasteiger partial charge in [0.05, 0.1) is 11.4 Å². The monoisotopic (exact) mass is 435 g/mol. The van der Waals surface area contributed by atoms with Crippen molar-refractivity contribution in [2.75, 3.05) is 17.7 Å². The van der Waals surface area contributed by atoms with E-state index in [-0.39, 0.29) is 10.9 Å². The summed E-state index contributed by atoms with van der Waals surface area (Å²) >= 11 is 0. The molecule has 0 fully saturated rings. The molecule has 0 spiro atoms. The van der Waals surface area contributed by atoms with E-state index in [1.54, 1.807) is 12.1 Å². The molecule has 6 heteroatoms. The van der Waals surface area contributed by atoms with Crippen LogP contribution in [0.15, 0.2) is 71.6 Å². The maximum atomic E-state index is 11.9. The smallest absolute Gasteiger partial charge is 0.175 e. The molecule has 1 heterocycles. The highest BCUT2D eigenvalue weighted by Gasteiger charge is 2.27. The Kier molecular flexibility index (Phi) is 5.83. The number of nitrogens with zero attached hydrogens (tertiary/aromatic N) is 1. The zero-order valence-electron chi connectivity index (χ0n) is 17.6. The molecular formula is C25H25NO4S. The van der Waals surface area contributed by atoms with E-state index in [1.807, 2.05) is 54.6 Å². The average Bonchev–Trinajstić information content (AvgIpc) is 2.76. The standard InChI is InChI=1S/C25H25NO4S/c1-18-8-13-23-24(26(18)16-17-27)15-14-22(25(23)30-20-6-4-3-5-7-20)19-9-11-21(12-10-19)31(2,28)29/h3-7,9-12,14-15,17-18H,8,13,16H2,1-2H3. The second-order valence-electron chi connectivity index (χ2n) is 7.86. The number of sulfone groups is 1. The first-order valence-corrected chi connectivity index (χ1v) is 12.2. The van der Waals surface area contributed by atoms with Crippen LogP contribution in [0.2, 0.25) is 0 Å². The van der Waals surface area contributed by atoms with Crippen LogP contribution in [0.4, 0.5) is 5.69 Å². The van der Waals surface area contributed by atoms with Gasteiger partial charge < -0.3 is 14.4 Å². The predicted molar refractivity (Wildman–Crippen MR) is 123 cm³/mol. The van der Waals surface area contributed by atoms with Gasteiger partial charge in [0.2, 0.25) is 0 Å². The second kappa shape index (κ2) is 8.55. The number of para-hydroxylation sites is 1. The molecule has 0 aromatic heterocycles. The molecule has 3 aromatic rings. The van der Waals surface area contributed by atoms with Crippen LogP contribution in [0, 0.1) is 0 Å². The van der Waals surface area contributed by atoms with Crippen LogP contribution in [-0.2, 0) is 21.1 Å². The summed E-state index contributed by atoms with van der Waals surface area (Å²) in [6, 6.07) is 20.7. The molecule has 5 nitrogen and oxygen atoms in total. The zero-order chi connectivity index (χ0) is 22.0. The van der Waals surface area contributed by atoms with E-state index >= 15 is 0 Å². The quantitative estimate of drug-likeness (QED) is 0.516. The summed E-state index contributed by atoms with van der Waals surface area (Å²) in [6.45, 7) is 2.46. The predicted octanol–water partition coefficient (Wildman–Crippen LogP) is 4.89. The minimum atomic E-state index is -3.27. The summed E-state index contributed by atoms with van der Waals surface area (Å²) in [5.41, 5.74) is 3.84. The fourth-order valence-electron chi connectivity index (χ4n) is 4.07. The fraction of sp³-hybridized carbons (Fsp3) is 0.240. The number of benzene rings is 3. The summed E-state index contributed by atoms with van der Waals surface area (Å²) in [5.74, 6) is 1.48. The minimum Gasteiger partial charge on any atom is -0.456 e. The first kappa shape index (κ1) is 21.1. The summed E-state index contributed by atoms with van der Waals surface area (Å²) in [6.07, 6.45) is 3.89. The van der Waals surface area contributed by atoms with Gasteiger partial charge in [-0.25, -0.2) is 8.42 Å². The molecule has 1 unspecified atom stereocenters. The average molecular weight is 436 g/mol. The Balaban J connectivity index is 1.86. The summed E-state index contributed by atoms with van der Waals surface area (Å²) < 4.78 is 30.1. The van der Waals surface area contributed by atoms with Crippen molar-refractivity contribution < 1.29 is 17.9 Å². The largest absolute Gasteiger partial charge is 0.456 e. The molecule has 0 aliphatic carbocycles. The van der Waals surface area contributed by atoms with Crippen molar-refractivity contribution in [3.05, 3.63) is 72.3 Å². The van der Waals surface area contributed by atoms with Crippen molar-refractivity contribution in [3.8, 4) is 22.6 Å². The van der Waals surface area contributed by atoms with E-state index in [9.17, 15) is 13.2 Å². The number of hydrogen-bond donors (Lipinski definition) is 0. The molecule has 0 saturated heterocycles. The van der Waals surface area contributed by atoms with Crippen molar-refractivity contribution >= 4 is 21.8 Å². The molecule has 0 radical (unpaired) electrons. The lowest BCUT2D eigenvalue weighted by Gasteiger charge is -2.37. The maximum absolute atomic E-state index is 11.9. The molecular weight excluding hydrogens is 410 g/mol. The van der Waals surface area contributed by atoms with E-state index in [1.165, 1.54) is 6.26 Å². The third kappa shape index (κ3) is 4.35. The first-order valence-electron chi connectivity index (χ1n) is 10.3. The minimum absolute atomic E-state index is 0.266. The van der Waals surface area contributed by atoms with Crippen LogP contribution >= 0.6 is 0 Å². The van der Waals surface area contributed by atoms with Crippen LogP contribution in [0.25, 0.3) is 11.1 Å². The second-order valence-corrected chi connectivity index (χ2v) is 9.87. The molecule has 1 atom stereocenters. The van der Waals surface area contributed by atoms with E-state index in [0.29, 0.717) is 6.54 Å². The van der Waals surface area contributed by atoms with Gasteiger partial charge in [-0.05, 0) is 61.7 Å². The van der Waals surface area contributed by atoms with Crippen molar-refractivity contribution in [2.24, 2.45) is 0 Å². The third-order valence-corrected chi connectivity index (χ3v) is 6.85. The lowest BCUT2D eigenvalue weighted by molar-refractivity contribution is -0.106. The van der Waals surface area contributed by atoms with E-state index in [2.05, 4.69) is 11.8 Å². The lowest BCUT2D eigenvalue weighted by atomic mass is 9.91. The summed E-state index contributed by atoms with van der Waals surface area (Å²) in [4.78, 5) is 13.7. The van der Waals surface area contributed by atoms with Gasteiger partial charge in [0.25, 0.3) is 0 Å². The topological polar surface area (TPSA) is 63.7 Å². The number of aldehydes is 1. The number of carbonyl (C=O) groups excluding carboxylic acids is 1. The van der Waals surface area contributed by atoms with Gasteiger partial charge in [0.15, 0.2) is 9.84 Å². The number of hydrogen-bond acceptors (Lipinski definition) is 5. The van der Waals surface area contributed by atoms with Gasteiger partial charge >= 0.3 is 0 Å². The Labute approximate surface area is 183 Å². The fourth-order valence-corrected chi connectivity index (χ4v) is 4.70. The molecule has 1 aliphatic heterocycles. The molecule has 0 N–H and O–H groups in total. The third-order valence-electron chi connectivity index (χ3n) is 5.72. The molecule has 1 aliphatic rings. The molecule has 3 aromatic carbocycles. The molecule has 160 valence electrons. The Morgan fingerprint density at radius 2 is 1.74 bits per heavy atom. The van der Waals surface area contributed by atoms with Crippen molar-refractivity contribution in [1.29, 1.82) is 0 Å². The van der Waals surface area contributed by atoms with Gasteiger partial charge in [0.1, 0.15) is 17.8 Å². The van der Waals surface area contributed by atoms with Crippen LogP contribution in [0.3, 0.4) is 0 Å². The van der Waals surface area contributed by atoms with Gasteiger partial charge in [0, 0.05) is 29.1 Å². The highest BCUT2D eigenvalue weighted by molar-refractivity contribution is 7.90. The van der Waals surface area contributed by atoms with E-state index in [4.69, 9.17) is 4.74 Å². The molecule has 0 saturated carbocycles. The van der Waals surface area contributed by atoms with Gasteiger partial charge in [-0.15, -0.1) is 0 Å². The molecule has 31 heavy (non-hydrogen) atoms. The number of rotatable bonds is 6. The summed E-state index contributed by atoms with van der Waals surface area (Å²) in [5, 5.41) is 0. The number of anilines is 1. The summed E-state index contributed by atoms with van der Waals surface area (Å²) in [7, 11) is -3.27. The van der Waals surface area contributed by atoms with Crippen LogP contribution in [-0.4, -0.2) is 33.5 Å². The number of carbonyl (C=O) groups is 1. The van der Waals surface area contributed by atoms with Crippen molar-refractivity contribution in [3.63, 3.8) is 0 Å².